The number of hydrogen-bond donors (Lipinski definition) is 2. The number of likely N-dealkylation sites (N-methyl/N-ethyl adjacent to an activating group) is 1. The van der Waals surface area contributed by atoms with E-state index in [1.165, 1.54) is 6.33 Å². The van der Waals surface area contributed by atoms with Crippen LogP contribution >= 0.6 is 0 Å². The number of nitrogens with zero attached hydrogens (tertiary/aromatic N) is 5. The minimum atomic E-state index is -0.0947. The van der Waals surface area contributed by atoms with Crippen LogP contribution in [0.2, 0.25) is 0 Å². The van der Waals surface area contributed by atoms with Crippen molar-refractivity contribution in [1.29, 1.82) is 0 Å². The lowest BCUT2D eigenvalue weighted by Crippen LogP contribution is -2.47. The predicted molar refractivity (Wildman–Crippen MR) is 89.3 cm³/mol. The van der Waals surface area contributed by atoms with Gasteiger partial charge < -0.3 is 15.2 Å². The molecule has 0 spiro atoms. The Morgan fingerprint density at radius 3 is 2.96 bits per heavy atom. The van der Waals surface area contributed by atoms with E-state index in [1.807, 2.05) is 37.1 Å². The highest BCUT2D eigenvalue weighted by Crippen LogP contribution is 2.33. The monoisotopic (exact) mass is 325 g/mol. The number of carbonyl (C=O) groups excluding carboxylic acids is 1. The SMILES string of the molecule is CN1C(=O)CC[C@@H](Nc2ncnc3[nH]ccc23)[C@@H]1c1ccnn1C. The van der Waals surface area contributed by atoms with Crippen molar-refractivity contribution in [3.8, 4) is 0 Å². The molecule has 0 aliphatic carbocycles. The lowest BCUT2D eigenvalue weighted by Gasteiger charge is -2.39. The lowest BCUT2D eigenvalue weighted by molar-refractivity contribution is -0.135. The maximum atomic E-state index is 12.2. The predicted octanol–water partition coefficient (Wildman–Crippen LogP) is 1.47. The summed E-state index contributed by atoms with van der Waals surface area (Å²) in [6, 6.07) is 3.87. The number of amides is 1. The van der Waals surface area contributed by atoms with Crippen LogP contribution in [-0.2, 0) is 11.8 Å². The standard InChI is InChI=1S/C16H19N7O/c1-22-13(24)4-3-11(14(22)12-6-8-20-23(12)2)21-16-10-5-7-17-15(10)18-9-19-16/h5-9,11,14H,3-4H2,1-2H3,(H2,17,18,19,21)/t11-,14-/m1/s1. The van der Waals surface area contributed by atoms with Crippen molar-refractivity contribution in [1.82, 2.24) is 29.6 Å². The van der Waals surface area contributed by atoms with Gasteiger partial charge in [-0.05, 0) is 18.6 Å². The van der Waals surface area contributed by atoms with E-state index in [0.29, 0.717) is 6.42 Å². The van der Waals surface area contributed by atoms with Crippen LogP contribution in [0.3, 0.4) is 0 Å². The second-order valence-electron chi connectivity index (χ2n) is 6.08. The van der Waals surface area contributed by atoms with E-state index in [4.69, 9.17) is 0 Å². The molecular weight excluding hydrogens is 306 g/mol. The molecule has 0 aromatic carbocycles. The van der Waals surface area contributed by atoms with Gasteiger partial charge in [0, 0.05) is 32.9 Å². The fraction of sp³-hybridized carbons (Fsp3) is 0.375. The smallest absolute Gasteiger partial charge is 0.223 e. The van der Waals surface area contributed by atoms with Crippen molar-refractivity contribution in [2.75, 3.05) is 12.4 Å². The Hall–Kier alpha value is -2.90. The molecule has 4 rings (SSSR count). The summed E-state index contributed by atoms with van der Waals surface area (Å²) in [6.07, 6.45) is 6.41. The van der Waals surface area contributed by atoms with Crippen molar-refractivity contribution >= 4 is 22.8 Å². The molecule has 3 aromatic heterocycles. The maximum Gasteiger partial charge on any atom is 0.223 e. The fourth-order valence-corrected chi connectivity index (χ4v) is 3.43. The van der Waals surface area contributed by atoms with Gasteiger partial charge in [-0.15, -0.1) is 0 Å². The molecule has 8 heteroatoms. The molecule has 1 amide bonds. The Bertz CT molecular complexity index is 883. The van der Waals surface area contributed by atoms with Gasteiger partial charge in [0.15, 0.2) is 0 Å². The first-order valence-electron chi connectivity index (χ1n) is 7.93. The number of aryl methyl sites for hydroxylation is 1. The Kier molecular flexibility index (Phi) is 3.44. The number of piperidine rings is 1. The summed E-state index contributed by atoms with van der Waals surface area (Å²) >= 11 is 0. The third-order valence-electron chi connectivity index (χ3n) is 4.70. The molecule has 0 radical (unpaired) electrons. The van der Waals surface area contributed by atoms with Crippen LogP contribution in [0.1, 0.15) is 24.6 Å². The second kappa shape index (κ2) is 5.63. The van der Waals surface area contributed by atoms with E-state index in [-0.39, 0.29) is 18.0 Å². The van der Waals surface area contributed by atoms with Gasteiger partial charge in [-0.25, -0.2) is 9.97 Å². The van der Waals surface area contributed by atoms with Crippen molar-refractivity contribution in [2.45, 2.75) is 24.9 Å². The Balaban J connectivity index is 1.71. The zero-order valence-electron chi connectivity index (χ0n) is 13.6. The van der Waals surface area contributed by atoms with Crippen LogP contribution in [0.4, 0.5) is 5.82 Å². The summed E-state index contributed by atoms with van der Waals surface area (Å²) < 4.78 is 1.82. The van der Waals surface area contributed by atoms with Gasteiger partial charge >= 0.3 is 0 Å². The Labute approximate surface area is 138 Å². The highest BCUT2D eigenvalue weighted by molar-refractivity contribution is 5.87. The molecular formula is C16H19N7O. The summed E-state index contributed by atoms with van der Waals surface area (Å²) in [7, 11) is 3.74. The summed E-state index contributed by atoms with van der Waals surface area (Å²) in [5, 5.41) is 8.72. The zero-order valence-corrected chi connectivity index (χ0v) is 13.6. The molecule has 1 saturated heterocycles. The number of nitrogens with one attached hydrogen (secondary N) is 2. The Morgan fingerprint density at radius 2 is 2.17 bits per heavy atom. The number of aromatic nitrogens is 5. The Morgan fingerprint density at radius 1 is 1.29 bits per heavy atom. The number of fused-ring (bicyclic) bond motifs is 1. The number of likely N-dealkylation sites (tertiary alicyclic amines) is 1. The van der Waals surface area contributed by atoms with Crippen LogP contribution in [0.25, 0.3) is 11.0 Å². The topological polar surface area (TPSA) is 91.7 Å². The first-order valence-corrected chi connectivity index (χ1v) is 7.93. The average Bonchev–Trinajstić information content (AvgIpc) is 3.21. The number of rotatable bonds is 3. The van der Waals surface area contributed by atoms with Crippen LogP contribution in [0, 0.1) is 0 Å². The molecule has 2 atom stereocenters. The molecule has 8 nitrogen and oxygen atoms in total. The largest absolute Gasteiger partial charge is 0.364 e. The van der Waals surface area contributed by atoms with Gasteiger partial charge in [0.25, 0.3) is 0 Å². The third-order valence-corrected chi connectivity index (χ3v) is 4.70. The molecule has 1 fully saturated rings. The second-order valence-corrected chi connectivity index (χ2v) is 6.08. The molecule has 1 aliphatic heterocycles. The molecule has 4 heterocycles. The highest BCUT2D eigenvalue weighted by atomic mass is 16.2. The van der Waals surface area contributed by atoms with Gasteiger partial charge in [0.05, 0.1) is 23.2 Å². The molecule has 1 aliphatic rings. The number of hydrogen-bond acceptors (Lipinski definition) is 5. The molecule has 124 valence electrons. The lowest BCUT2D eigenvalue weighted by atomic mass is 9.93. The normalized spacial score (nSPS) is 21.4. The molecule has 2 N–H and O–H groups in total. The van der Waals surface area contributed by atoms with Crippen molar-refractivity contribution in [3.63, 3.8) is 0 Å². The minimum absolute atomic E-state index is 0.0519. The van der Waals surface area contributed by atoms with E-state index in [9.17, 15) is 4.79 Å². The first-order chi connectivity index (χ1) is 11.6. The van der Waals surface area contributed by atoms with Gasteiger partial charge in [-0.3, -0.25) is 9.48 Å². The first kappa shape index (κ1) is 14.7. The summed E-state index contributed by atoms with van der Waals surface area (Å²) in [5.41, 5.74) is 1.80. The molecule has 0 unspecified atom stereocenters. The minimum Gasteiger partial charge on any atom is -0.364 e. The van der Waals surface area contributed by atoms with E-state index < -0.39 is 0 Å². The number of anilines is 1. The third kappa shape index (κ3) is 2.31. The van der Waals surface area contributed by atoms with Gasteiger partial charge in [-0.2, -0.15) is 5.10 Å². The van der Waals surface area contributed by atoms with Crippen LogP contribution < -0.4 is 5.32 Å². The molecule has 0 bridgehead atoms. The molecule has 3 aromatic rings. The number of H-pyrrole nitrogens is 1. The van der Waals surface area contributed by atoms with Crippen molar-refractivity contribution in [2.24, 2.45) is 7.05 Å². The molecule has 0 saturated carbocycles. The summed E-state index contributed by atoms with van der Waals surface area (Å²) in [4.78, 5) is 25.7. The number of aromatic amines is 1. The van der Waals surface area contributed by atoms with Gasteiger partial charge in [-0.1, -0.05) is 0 Å². The molecule has 24 heavy (non-hydrogen) atoms. The highest BCUT2D eigenvalue weighted by Gasteiger charge is 2.36. The summed E-state index contributed by atoms with van der Waals surface area (Å²) in [6.45, 7) is 0. The summed E-state index contributed by atoms with van der Waals surface area (Å²) in [5.74, 6) is 0.926. The fourth-order valence-electron chi connectivity index (χ4n) is 3.43. The van der Waals surface area contributed by atoms with Crippen molar-refractivity contribution < 1.29 is 4.79 Å². The van der Waals surface area contributed by atoms with Crippen LogP contribution in [-0.4, -0.2) is 48.6 Å². The van der Waals surface area contributed by atoms with Gasteiger partial charge in [0.1, 0.15) is 17.8 Å². The van der Waals surface area contributed by atoms with Crippen LogP contribution in [0.15, 0.2) is 30.9 Å². The quantitative estimate of drug-likeness (QED) is 0.761. The van der Waals surface area contributed by atoms with Crippen molar-refractivity contribution in [3.05, 3.63) is 36.5 Å². The zero-order chi connectivity index (χ0) is 16.7. The van der Waals surface area contributed by atoms with Gasteiger partial charge in [0.2, 0.25) is 5.91 Å². The maximum absolute atomic E-state index is 12.2. The average molecular weight is 325 g/mol. The van der Waals surface area contributed by atoms with Crippen LogP contribution in [0.5, 0.6) is 0 Å². The van der Waals surface area contributed by atoms with E-state index in [0.717, 1.165) is 29.0 Å². The van der Waals surface area contributed by atoms with E-state index in [2.05, 4.69) is 25.4 Å². The van der Waals surface area contributed by atoms with E-state index in [1.54, 1.807) is 11.1 Å². The van der Waals surface area contributed by atoms with E-state index >= 15 is 0 Å². The number of carbonyl (C=O) groups is 1.